The fourth-order valence-corrected chi connectivity index (χ4v) is 4.51. The number of hydrogen-bond acceptors (Lipinski definition) is 5. The average Bonchev–Trinajstić information content (AvgIpc) is 3.37. The van der Waals surface area contributed by atoms with Gasteiger partial charge in [0.1, 0.15) is 5.75 Å². The Balaban J connectivity index is 1.51. The van der Waals surface area contributed by atoms with Crippen LogP contribution in [0.15, 0.2) is 48.5 Å². The number of nitrogens with one attached hydrogen (secondary N) is 1. The highest BCUT2D eigenvalue weighted by atomic mass is 16.5. The van der Waals surface area contributed by atoms with Crippen molar-refractivity contribution in [3.05, 3.63) is 65.2 Å². The van der Waals surface area contributed by atoms with Gasteiger partial charge in [0.15, 0.2) is 0 Å². The first-order valence-electron chi connectivity index (χ1n) is 11.5. The summed E-state index contributed by atoms with van der Waals surface area (Å²) in [6.07, 6.45) is 2.18. The monoisotopic (exact) mass is 453 g/mol. The van der Waals surface area contributed by atoms with E-state index in [0.29, 0.717) is 38.6 Å². The van der Waals surface area contributed by atoms with Crippen LogP contribution in [-0.4, -0.2) is 50.0 Å². The van der Waals surface area contributed by atoms with Gasteiger partial charge in [-0.25, -0.2) is 4.79 Å². The van der Waals surface area contributed by atoms with Crippen LogP contribution < -0.4 is 10.1 Å². The van der Waals surface area contributed by atoms with Gasteiger partial charge in [0, 0.05) is 25.7 Å². The summed E-state index contributed by atoms with van der Waals surface area (Å²) in [5, 5.41) is 12.3. The summed E-state index contributed by atoms with van der Waals surface area (Å²) in [6, 6.07) is 14.2. The fourth-order valence-electron chi connectivity index (χ4n) is 4.51. The highest BCUT2D eigenvalue weighted by Crippen LogP contribution is 2.37. The van der Waals surface area contributed by atoms with Crippen LogP contribution in [-0.2, 0) is 19.7 Å². The van der Waals surface area contributed by atoms with Crippen LogP contribution in [0.4, 0.5) is 0 Å². The van der Waals surface area contributed by atoms with E-state index in [1.165, 1.54) is 0 Å². The van der Waals surface area contributed by atoms with Gasteiger partial charge < -0.3 is 24.6 Å². The second-order valence-corrected chi connectivity index (χ2v) is 8.89. The number of carboxylic acid groups (broad SMARTS) is 1. The van der Waals surface area contributed by atoms with E-state index in [1.54, 1.807) is 24.3 Å². The van der Waals surface area contributed by atoms with Crippen LogP contribution in [0.25, 0.3) is 0 Å². The Kier molecular flexibility index (Phi) is 7.30. The number of hydrogen-bond donors (Lipinski definition) is 2. The minimum atomic E-state index is -0.970. The van der Waals surface area contributed by atoms with E-state index in [1.807, 2.05) is 31.2 Å². The normalized spacial score (nSPS) is 20.7. The molecule has 2 aromatic rings. The molecule has 0 saturated carbocycles. The van der Waals surface area contributed by atoms with Crippen LogP contribution in [0.2, 0.25) is 0 Å². The van der Waals surface area contributed by atoms with Crippen molar-refractivity contribution in [2.24, 2.45) is 5.92 Å². The smallest absolute Gasteiger partial charge is 0.335 e. The number of carbonyl (C=O) groups excluding carboxylic acids is 1. The number of carbonyl (C=O) groups is 2. The zero-order valence-electron chi connectivity index (χ0n) is 18.9. The van der Waals surface area contributed by atoms with Crippen molar-refractivity contribution >= 4 is 11.9 Å². The first kappa shape index (κ1) is 23.3. The molecule has 1 unspecified atom stereocenters. The lowest BCUT2D eigenvalue weighted by Crippen LogP contribution is -2.48. The summed E-state index contributed by atoms with van der Waals surface area (Å²) in [5.41, 5.74) is 1.30. The highest BCUT2D eigenvalue weighted by molar-refractivity contribution is 5.89. The molecule has 2 saturated heterocycles. The molecule has 2 atom stereocenters. The number of carboxylic acids is 1. The molecular weight excluding hydrogens is 422 g/mol. The predicted molar refractivity (Wildman–Crippen MR) is 123 cm³/mol. The SMILES string of the molecule is CC(NC(=O)C1(c2cccc(OC[C@@H]3CCOC3)c2)CCOCC1)c1ccc(C(=O)O)cc1. The second kappa shape index (κ2) is 10.4. The Labute approximate surface area is 194 Å². The molecule has 33 heavy (non-hydrogen) atoms. The summed E-state index contributed by atoms with van der Waals surface area (Å²) in [5.74, 6) is 0.140. The van der Waals surface area contributed by atoms with E-state index in [9.17, 15) is 9.59 Å². The molecule has 7 nitrogen and oxygen atoms in total. The van der Waals surface area contributed by atoms with Gasteiger partial charge in [0.25, 0.3) is 0 Å². The lowest BCUT2D eigenvalue weighted by Gasteiger charge is -2.37. The molecule has 0 radical (unpaired) electrons. The minimum absolute atomic E-state index is 0.0537. The zero-order chi connectivity index (χ0) is 23.3. The van der Waals surface area contributed by atoms with Gasteiger partial charge in [-0.1, -0.05) is 24.3 Å². The average molecular weight is 454 g/mol. The van der Waals surface area contributed by atoms with Crippen LogP contribution >= 0.6 is 0 Å². The van der Waals surface area contributed by atoms with Gasteiger partial charge in [-0.2, -0.15) is 0 Å². The highest BCUT2D eigenvalue weighted by Gasteiger charge is 2.42. The van der Waals surface area contributed by atoms with E-state index >= 15 is 0 Å². The summed E-state index contributed by atoms with van der Waals surface area (Å²) < 4.78 is 17.0. The lowest BCUT2D eigenvalue weighted by molar-refractivity contribution is -0.131. The van der Waals surface area contributed by atoms with E-state index in [-0.39, 0.29) is 17.5 Å². The lowest BCUT2D eigenvalue weighted by atomic mass is 9.73. The van der Waals surface area contributed by atoms with Crippen molar-refractivity contribution in [3.8, 4) is 5.75 Å². The molecule has 0 bridgehead atoms. The first-order chi connectivity index (χ1) is 16.0. The maximum atomic E-state index is 13.6. The summed E-state index contributed by atoms with van der Waals surface area (Å²) in [7, 11) is 0. The quantitative estimate of drug-likeness (QED) is 0.633. The Morgan fingerprint density at radius 2 is 1.88 bits per heavy atom. The van der Waals surface area contributed by atoms with Crippen LogP contribution in [0.1, 0.15) is 53.7 Å². The van der Waals surface area contributed by atoms with Crippen molar-refractivity contribution < 1.29 is 28.9 Å². The third-order valence-corrected chi connectivity index (χ3v) is 6.68. The molecule has 1 amide bonds. The zero-order valence-corrected chi connectivity index (χ0v) is 18.9. The van der Waals surface area contributed by atoms with Crippen LogP contribution in [0.5, 0.6) is 5.75 Å². The Bertz CT molecular complexity index is 961. The number of amides is 1. The molecule has 0 spiro atoms. The van der Waals surface area contributed by atoms with Crippen LogP contribution in [0.3, 0.4) is 0 Å². The number of rotatable bonds is 8. The van der Waals surface area contributed by atoms with Gasteiger partial charge in [-0.3, -0.25) is 4.79 Å². The number of aromatic carboxylic acids is 1. The van der Waals surface area contributed by atoms with Gasteiger partial charge in [-0.05, 0) is 61.6 Å². The van der Waals surface area contributed by atoms with Crippen LogP contribution in [0, 0.1) is 5.92 Å². The second-order valence-electron chi connectivity index (χ2n) is 8.89. The van der Waals surface area contributed by atoms with E-state index in [2.05, 4.69) is 5.32 Å². The first-order valence-corrected chi connectivity index (χ1v) is 11.5. The van der Waals surface area contributed by atoms with Gasteiger partial charge in [0.05, 0.1) is 30.2 Å². The molecule has 2 N–H and O–H groups in total. The number of benzene rings is 2. The Hall–Kier alpha value is -2.90. The van der Waals surface area contributed by atoms with E-state index in [0.717, 1.165) is 36.5 Å². The molecule has 176 valence electrons. The Morgan fingerprint density at radius 1 is 1.12 bits per heavy atom. The molecule has 0 aliphatic carbocycles. The maximum absolute atomic E-state index is 13.6. The summed E-state index contributed by atoms with van der Waals surface area (Å²) >= 11 is 0. The fraction of sp³-hybridized carbons (Fsp3) is 0.462. The minimum Gasteiger partial charge on any atom is -0.493 e. The summed E-state index contributed by atoms with van der Waals surface area (Å²) in [4.78, 5) is 24.8. The third-order valence-electron chi connectivity index (χ3n) is 6.68. The van der Waals surface area contributed by atoms with Crippen molar-refractivity contribution in [2.75, 3.05) is 33.0 Å². The van der Waals surface area contributed by atoms with E-state index in [4.69, 9.17) is 19.3 Å². The standard InChI is InChI=1S/C26H31NO6/c1-18(20-5-7-21(8-6-20)24(28)29)27-25(30)26(10-13-31-14-11-26)22-3-2-4-23(15-22)33-17-19-9-12-32-16-19/h2-8,15,18-19H,9-14,16-17H2,1H3,(H,27,30)(H,28,29)/t18?,19-/m1/s1. The van der Waals surface area contributed by atoms with Crippen molar-refractivity contribution in [2.45, 2.75) is 37.6 Å². The molecule has 2 aliphatic rings. The maximum Gasteiger partial charge on any atom is 0.335 e. The molecule has 2 aliphatic heterocycles. The van der Waals surface area contributed by atoms with Crippen molar-refractivity contribution in [3.63, 3.8) is 0 Å². The third kappa shape index (κ3) is 5.37. The predicted octanol–water partition coefficient (Wildman–Crippen LogP) is 3.73. The van der Waals surface area contributed by atoms with Gasteiger partial charge in [-0.15, -0.1) is 0 Å². The molecule has 2 heterocycles. The largest absolute Gasteiger partial charge is 0.493 e. The topological polar surface area (TPSA) is 94.1 Å². The molecule has 0 aromatic heterocycles. The number of ether oxygens (including phenoxy) is 3. The van der Waals surface area contributed by atoms with E-state index < -0.39 is 11.4 Å². The molecular formula is C26H31NO6. The summed E-state index contributed by atoms with van der Waals surface area (Å²) in [6.45, 7) is 5.06. The van der Waals surface area contributed by atoms with Gasteiger partial charge >= 0.3 is 5.97 Å². The molecule has 2 fully saturated rings. The van der Waals surface area contributed by atoms with Gasteiger partial charge in [0.2, 0.25) is 5.91 Å². The molecule has 2 aromatic carbocycles. The van der Waals surface area contributed by atoms with Crippen molar-refractivity contribution in [1.82, 2.24) is 5.32 Å². The van der Waals surface area contributed by atoms with Crippen molar-refractivity contribution in [1.29, 1.82) is 0 Å². The Morgan fingerprint density at radius 3 is 2.55 bits per heavy atom. The molecule has 4 rings (SSSR count). The molecule has 7 heteroatoms.